The third kappa shape index (κ3) is 2.21. The Hall–Kier alpha value is -0.580. The van der Waals surface area contributed by atoms with Gasteiger partial charge in [0.05, 0.1) is 17.2 Å². The fraction of sp³-hybridized carbons (Fsp3) is 0.538. The van der Waals surface area contributed by atoms with E-state index in [2.05, 4.69) is 40.3 Å². The molecule has 3 rings (SSSR count). The molecular weight excluding hydrogens is 282 g/mol. The Balaban J connectivity index is 1.91. The summed E-state index contributed by atoms with van der Waals surface area (Å²) in [5.41, 5.74) is 2.52. The van der Waals surface area contributed by atoms with Gasteiger partial charge in [-0.3, -0.25) is 0 Å². The summed E-state index contributed by atoms with van der Waals surface area (Å²) in [5.74, 6) is 1.00. The minimum Gasteiger partial charge on any atom is -0.489 e. The van der Waals surface area contributed by atoms with Crippen molar-refractivity contribution in [3.63, 3.8) is 0 Å². The number of ether oxygens (including phenoxy) is 2. The summed E-state index contributed by atoms with van der Waals surface area (Å²) >= 11 is 3.59. The first-order valence-corrected chi connectivity index (χ1v) is 6.84. The van der Waals surface area contributed by atoms with E-state index in [4.69, 9.17) is 9.47 Å². The maximum absolute atomic E-state index is 5.78. The molecule has 0 aliphatic carbocycles. The summed E-state index contributed by atoms with van der Waals surface area (Å²) in [7, 11) is 0. The first kappa shape index (κ1) is 11.5. The van der Waals surface area contributed by atoms with Gasteiger partial charge in [0.25, 0.3) is 0 Å². The highest BCUT2D eigenvalue weighted by molar-refractivity contribution is 9.10. The summed E-state index contributed by atoms with van der Waals surface area (Å²) in [6.07, 6.45) is 1.44. The maximum Gasteiger partial charge on any atom is 0.137 e. The van der Waals surface area contributed by atoms with E-state index in [1.165, 1.54) is 11.1 Å². The quantitative estimate of drug-likeness (QED) is 0.864. The standard InChI is InChI=1S/C13H16BrNO2/c1-8-4-10-5-9(6-11(14)13(10)17-8)12-7-15-2-3-16-12/h5-6,8,12,15H,2-4,7H2,1H3. The third-order valence-corrected chi connectivity index (χ3v) is 3.86. The average molecular weight is 298 g/mol. The molecule has 0 spiro atoms. The van der Waals surface area contributed by atoms with Crippen LogP contribution in [0.3, 0.4) is 0 Å². The second-order valence-electron chi connectivity index (χ2n) is 4.69. The largest absolute Gasteiger partial charge is 0.489 e. The van der Waals surface area contributed by atoms with Crippen molar-refractivity contribution in [1.82, 2.24) is 5.32 Å². The van der Waals surface area contributed by atoms with Crippen LogP contribution in [0.5, 0.6) is 5.75 Å². The van der Waals surface area contributed by atoms with Crippen molar-refractivity contribution in [3.05, 3.63) is 27.7 Å². The molecule has 4 heteroatoms. The van der Waals surface area contributed by atoms with Gasteiger partial charge in [0, 0.05) is 19.5 Å². The predicted octanol–water partition coefficient (Wildman–Crippen LogP) is 2.43. The molecule has 0 saturated carbocycles. The Morgan fingerprint density at radius 3 is 3.06 bits per heavy atom. The normalized spacial score (nSPS) is 27.6. The van der Waals surface area contributed by atoms with Gasteiger partial charge in [0.15, 0.2) is 0 Å². The van der Waals surface area contributed by atoms with Crippen molar-refractivity contribution in [3.8, 4) is 5.75 Å². The molecule has 1 fully saturated rings. The van der Waals surface area contributed by atoms with Crippen LogP contribution in [0.25, 0.3) is 0 Å². The summed E-state index contributed by atoms with van der Waals surface area (Å²) in [5, 5.41) is 3.36. The number of benzene rings is 1. The molecule has 0 amide bonds. The first-order valence-electron chi connectivity index (χ1n) is 6.05. The monoisotopic (exact) mass is 297 g/mol. The Labute approximate surface area is 110 Å². The summed E-state index contributed by atoms with van der Waals surface area (Å²) in [6, 6.07) is 4.34. The lowest BCUT2D eigenvalue weighted by Crippen LogP contribution is -2.33. The number of rotatable bonds is 1. The van der Waals surface area contributed by atoms with Gasteiger partial charge < -0.3 is 14.8 Å². The third-order valence-electron chi connectivity index (χ3n) is 3.27. The number of halogens is 1. The Bertz CT molecular complexity index is 430. The maximum atomic E-state index is 5.78. The minimum absolute atomic E-state index is 0.168. The van der Waals surface area contributed by atoms with Crippen molar-refractivity contribution in [2.45, 2.75) is 25.6 Å². The molecule has 0 radical (unpaired) electrons. The van der Waals surface area contributed by atoms with Crippen molar-refractivity contribution >= 4 is 15.9 Å². The molecular formula is C13H16BrNO2. The number of hydrogen-bond acceptors (Lipinski definition) is 3. The molecule has 1 N–H and O–H groups in total. The Morgan fingerprint density at radius 1 is 1.41 bits per heavy atom. The lowest BCUT2D eigenvalue weighted by atomic mass is 10.0. The zero-order valence-corrected chi connectivity index (χ0v) is 11.4. The number of nitrogens with one attached hydrogen (secondary N) is 1. The van der Waals surface area contributed by atoms with Gasteiger partial charge in [-0.25, -0.2) is 0 Å². The van der Waals surface area contributed by atoms with Gasteiger partial charge in [0.1, 0.15) is 11.9 Å². The van der Waals surface area contributed by atoms with Crippen molar-refractivity contribution in [1.29, 1.82) is 0 Å². The van der Waals surface area contributed by atoms with Crippen LogP contribution in [0.1, 0.15) is 24.2 Å². The van der Waals surface area contributed by atoms with E-state index in [0.717, 1.165) is 36.3 Å². The van der Waals surface area contributed by atoms with Crippen LogP contribution in [0.2, 0.25) is 0 Å². The van der Waals surface area contributed by atoms with Crippen LogP contribution in [-0.4, -0.2) is 25.8 Å². The fourth-order valence-corrected chi connectivity index (χ4v) is 3.09. The van der Waals surface area contributed by atoms with E-state index < -0.39 is 0 Å². The molecule has 92 valence electrons. The van der Waals surface area contributed by atoms with Crippen LogP contribution in [0.4, 0.5) is 0 Å². The second-order valence-corrected chi connectivity index (χ2v) is 5.54. The van der Waals surface area contributed by atoms with Crippen LogP contribution >= 0.6 is 15.9 Å². The van der Waals surface area contributed by atoms with Crippen LogP contribution in [-0.2, 0) is 11.2 Å². The highest BCUT2D eigenvalue weighted by Gasteiger charge is 2.25. The van der Waals surface area contributed by atoms with Gasteiger partial charge in [0.2, 0.25) is 0 Å². The molecule has 2 atom stereocenters. The molecule has 2 aliphatic rings. The van der Waals surface area contributed by atoms with Gasteiger partial charge in [-0.2, -0.15) is 0 Å². The molecule has 0 bridgehead atoms. The Morgan fingerprint density at radius 2 is 2.29 bits per heavy atom. The van der Waals surface area contributed by atoms with E-state index in [1.54, 1.807) is 0 Å². The molecule has 1 aromatic rings. The van der Waals surface area contributed by atoms with Crippen molar-refractivity contribution in [2.75, 3.05) is 19.7 Å². The molecule has 2 aliphatic heterocycles. The van der Waals surface area contributed by atoms with Crippen molar-refractivity contribution in [2.24, 2.45) is 0 Å². The van der Waals surface area contributed by atoms with E-state index in [1.807, 2.05) is 0 Å². The zero-order chi connectivity index (χ0) is 11.8. The van der Waals surface area contributed by atoms with E-state index in [9.17, 15) is 0 Å². The van der Waals surface area contributed by atoms with Crippen LogP contribution in [0.15, 0.2) is 16.6 Å². The molecule has 2 unspecified atom stereocenters. The highest BCUT2D eigenvalue weighted by Crippen LogP contribution is 2.38. The summed E-state index contributed by atoms with van der Waals surface area (Å²) < 4.78 is 12.6. The minimum atomic E-state index is 0.168. The molecule has 2 heterocycles. The van der Waals surface area contributed by atoms with Crippen LogP contribution in [0, 0.1) is 0 Å². The van der Waals surface area contributed by atoms with E-state index >= 15 is 0 Å². The molecule has 17 heavy (non-hydrogen) atoms. The number of fused-ring (bicyclic) bond motifs is 1. The van der Waals surface area contributed by atoms with E-state index in [-0.39, 0.29) is 12.2 Å². The topological polar surface area (TPSA) is 30.5 Å². The average Bonchev–Trinajstić information content (AvgIpc) is 2.71. The number of hydrogen-bond donors (Lipinski definition) is 1. The first-order chi connectivity index (χ1) is 8.24. The smallest absolute Gasteiger partial charge is 0.137 e. The fourth-order valence-electron chi connectivity index (χ4n) is 2.48. The summed E-state index contributed by atoms with van der Waals surface area (Å²) in [6.45, 7) is 4.72. The molecule has 1 aromatic carbocycles. The Kier molecular flexibility index (Phi) is 3.11. The molecule has 0 aromatic heterocycles. The second kappa shape index (κ2) is 4.59. The van der Waals surface area contributed by atoms with Gasteiger partial charge in [-0.1, -0.05) is 0 Å². The number of morpholine rings is 1. The lowest BCUT2D eigenvalue weighted by molar-refractivity contribution is 0.0276. The van der Waals surface area contributed by atoms with Gasteiger partial charge in [-0.05, 0) is 46.1 Å². The SMILES string of the molecule is CC1Cc2cc(C3CNCCO3)cc(Br)c2O1. The molecule has 3 nitrogen and oxygen atoms in total. The van der Waals surface area contributed by atoms with Gasteiger partial charge in [-0.15, -0.1) is 0 Å². The van der Waals surface area contributed by atoms with Crippen molar-refractivity contribution < 1.29 is 9.47 Å². The van der Waals surface area contributed by atoms with E-state index in [0.29, 0.717) is 0 Å². The molecule has 1 saturated heterocycles. The van der Waals surface area contributed by atoms with Crippen LogP contribution < -0.4 is 10.1 Å². The summed E-state index contributed by atoms with van der Waals surface area (Å²) in [4.78, 5) is 0. The predicted molar refractivity (Wildman–Crippen MR) is 69.5 cm³/mol. The van der Waals surface area contributed by atoms with Gasteiger partial charge >= 0.3 is 0 Å². The highest BCUT2D eigenvalue weighted by atomic mass is 79.9. The zero-order valence-electron chi connectivity index (χ0n) is 9.83. The lowest BCUT2D eigenvalue weighted by Gasteiger charge is -2.24.